The number of aromatic nitrogens is 4. The van der Waals surface area contributed by atoms with Gasteiger partial charge in [-0.25, -0.2) is 4.68 Å². The minimum atomic E-state index is -0.420. The van der Waals surface area contributed by atoms with E-state index >= 15 is 0 Å². The monoisotopic (exact) mass is 481 g/mol. The minimum Gasteiger partial charge on any atom is -0.508 e. The Labute approximate surface area is 206 Å². The fourth-order valence-electron chi connectivity index (χ4n) is 4.44. The van der Waals surface area contributed by atoms with Crippen LogP contribution < -0.4 is 0 Å². The van der Waals surface area contributed by atoms with Crippen molar-refractivity contribution in [2.45, 2.75) is 13.5 Å². The average molecular weight is 482 g/mol. The summed E-state index contributed by atoms with van der Waals surface area (Å²) in [5.41, 5.74) is 6.10. The SMILES string of the molecule is Cc1nn(C)c(C[N+](=O)[O-])c1-n1nc(-c2ccc(O)cc2)c(-c2ccccc2)c1-c1ccc(O)cc1. The second-order valence-corrected chi connectivity index (χ2v) is 8.44. The number of nitrogens with zero attached hydrogens (tertiary/aromatic N) is 5. The summed E-state index contributed by atoms with van der Waals surface area (Å²) in [6.45, 7) is 1.38. The molecule has 2 aromatic heterocycles. The number of phenolic OH excluding ortho intramolecular Hbond substituents is 2. The van der Waals surface area contributed by atoms with E-state index in [1.807, 2.05) is 30.3 Å². The Hall–Kier alpha value is -4.92. The van der Waals surface area contributed by atoms with Crippen LogP contribution in [0.4, 0.5) is 0 Å². The Bertz CT molecular complexity index is 1550. The summed E-state index contributed by atoms with van der Waals surface area (Å²) < 4.78 is 3.22. The third kappa shape index (κ3) is 4.07. The van der Waals surface area contributed by atoms with E-state index in [4.69, 9.17) is 5.10 Å². The molecule has 0 saturated carbocycles. The predicted molar refractivity (Wildman–Crippen MR) is 135 cm³/mol. The maximum Gasteiger partial charge on any atom is 0.247 e. The van der Waals surface area contributed by atoms with Crippen LogP contribution >= 0.6 is 0 Å². The van der Waals surface area contributed by atoms with Gasteiger partial charge in [-0.2, -0.15) is 10.2 Å². The number of aromatic hydroxyl groups is 2. The number of benzene rings is 3. The third-order valence-electron chi connectivity index (χ3n) is 6.03. The number of rotatable bonds is 6. The third-order valence-corrected chi connectivity index (χ3v) is 6.03. The smallest absolute Gasteiger partial charge is 0.247 e. The molecule has 0 aliphatic rings. The van der Waals surface area contributed by atoms with Crippen molar-refractivity contribution in [3.63, 3.8) is 0 Å². The van der Waals surface area contributed by atoms with Crippen molar-refractivity contribution in [3.8, 4) is 50.8 Å². The summed E-state index contributed by atoms with van der Waals surface area (Å²) in [4.78, 5) is 11.2. The number of hydrogen-bond donors (Lipinski definition) is 2. The quantitative estimate of drug-likeness (QED) is 0.257. The standard InChI is InChI=1S/C27H23N5O4/c1-17-26(23(16-31(35)36)30(2)28-17)32-27(20-10-14-22(34)15-11-20)24(18-6-4-3-5-7-18)25(29-32)19-8-12-21(33)13-9-19/h3-15,33-34H,16H2,1-2H3. The normalized spacial score (nSPS) is 11.1. The van der Waals surface area contributed by atoms with Crippen molar-refractivity contribution in [2.75, 3.05) is 0 Å². The molecule has 9 nitrogen and oxygen atoms in total. The molecule has 180 valence electrons. The molecule has 3 aromatic carbocycles. The maximum absolute atomic E-state index is 11.5. The van der Waals surface area contributed by atoms with Gasteiger partial charge in [0.2, 0.25) is 6.54 Å². The van der Waals surface area contributed by atoms with Crippen molar-refractivity contribution in [2.24, 2.45) is 7.05 Å². The molecule has 5 rings (SSSR count). The van der Waals surface area contributed by atoms with Crippen LogP contribution in [0.15, 0.2) is 78.9 Å². The number of nitro groups is 1. The van der Waals surface area contributed by atoms with E-state index in [0.29, 0.717) is 28.5 Å². The number of hydrogen-bond acceptors (Lipinski definition) is 6. The lowest BCUT2D eigenvalue weighted by Gasteiger charge is -2.12. The van der Waals surface area contributed by atoms with Crippen LogP contribution in [-0.2, 0) is 13.6 Å². The summed E-state index contributed by atoms with van der Waals surface area (Å²) in [6, 6.07) is 23.2. The fraction of sp³-hybridized carbons (Fsp3) is 0.111. The zero-order chi connectivity index (χ0) is 25.4. The van der Waals surface area contributed by atoms with Crippen LogP contribution in [0.3, 0.4) is 0 Å². The molecule has 9 heteroatoms. The predicted octanol–water partition coefficient (Wildman–Crippen LogP) is 5.10. The molecule has 0 spiro atoms. The molecule has 0 atom stereocenters. The second-order valence-electron chi connectivity index (χ2n) is 8.44. The van der Waals surface area contributed by atoms with Gasteiger partial charge < -0.3 is 10.2 Å². The minimum absolute atomic E-state index is 0.122. The van der Waals surface area contributed by atoms with Gasteiger partial charge in [-0.05, 0) is 61.0 Å². The van der Waals surface area contributed by atoms with Gasteiger partial charge in [-0.1, -0.05) is 30.3 Å². The van der Waals surface area contributed by atoms with E-state index < -0.39 is 6.54 Å². The first-order valence-corrected chi connectivity index (χ1v) is 11.3. The Morgan fingerprint density at radius 2 is 1.42 bits per heavy atom. The zero-order valence-electron chi connectivity index (χ0n) is 19.7. The van der Waals surface area contributed by atoms with Crippen molar-refractivity contribution in [1.29, 1.82) is 0 Å². The molecule has 0 aliphatic carbocycles. The van der Waals surface area contributed by atoms with Gasteiger partial charge in [0.15, 0.2) is 0 Å². The zero-order valence-corrected chi connectivity index (χ0v) is 19.7. The molecule has 0 bridgehead atoms. The first-order valence-electron chi connectivity index (χ1n) is 11.3. The molecule has 2 N–H and O–H groups in total. The Morgan fingerprint density at radius 1 is 0.833 bits per heavy atom. The number of aryl methyl sites for hydroxylation is 2. The highest BCUT2D eigenvalue weighted by Gasteiger charge is 2.28. The van der Waals surface area contributed by atoms with Crippen LogP contribution in [-0.4, -0.2) is 34.7 Å². The second kappa shape index (κ2) is 9.03. The van der Waals surface area contributed by atoms with E-state index in [1.54, 1.807) is 67.2 Å². The molecular weight excluding hydrogens is 458 g/mol. The molecule has 0 radical (unpaired) electrons. The Morgan fingerprint density at radius 3 is 2.00 bits per heavy atom. The van der Waals surface area contributed by atoms with E-state index in [0.717, 1.165) is 22.3 Å². The van der Waals surface area contributed by atoms with Gasteiger partial charge in [0.05, 0.1) is 11.4 Å². The van der Waals surface area contributed by atoms with E-state index in [2.05, 4.69) is 5.10 Å². The molecule has 36 heavy (non-hydrogen) atoms. The summed E-state index contributed by atoms with van der Waals surface area (Å²) >= 11 is 0. The molecular formula is C27H23N5O4. The van der Waals surface area contributed by atoms with Crippen LogP contribution in [0.2, 0.25) is 0 Å². The summed E-state index contributed by atoms with van der Waals surface area (Å²) in [7, 11) is 1.68. The van der Waals surface area contributed by atoms with Crippen LogP contribution in [0.25, 0.3) is 39.3 Å². The topological polar surface area (TPSA) is 119 Å². The van der Waals surface area contributed by atoms with Crippen LogP contribution in [0, 0.1) is 17.0 Å². The molecule has 0 aliphatic heterocycles. The van der Waals surface area contributed by atoms with Gasteiger partial charge in [-0.3, -0.25) is 14.8 Å². The van der Waals surface area contributed by atoms with Crippen molar-refractivity contribution in [1.82, 2.24) is 19.6 Å². The van der Waals surface area contributed by atoms with Crippen molar-refractivity contribution < 1.29 is 15.1 Å². The largest absolute Gasteiger partial charge is 0.508 e. The summed E-state index contributed by atoms with van der Waals surface area (Å²) in [5.74, 6) is 0.256. The van der Waals surface area contributed by atoms with Crippen LogP contribution in [0.5, 0.6) is 11.5 Å². The highest BCUT2D eigenvalue weighted by atomic mass is 16.6. The molecule has 0 saturated heterocycles. The van der Waals surface area contributed by atoms with E-state index in [-0.39, 0.29) is 16.4 Å². The summed E-state index contributed by atoms with van der Waals surface area (Å²) in [5, 5.41) is 40.8. The Balaban J connectivity index is 1.91. The van der Waals surface area contributed by atoms with E-state index in [1.165, 1.54) is 4.68 Å². The Kier molecular flexibility index (Phi) is 5.73. The van der Waals surface area contributed by atoms with Gasteiger partial charge in [0.25, 0.3) is 0 Å². The summed E-state index contributed by atoms with van der Waals surface area (Å²) in [6.07, 6.45) is 0. The lowest BCUT2D eigenvalue weighted by molar-refractivity contribution is -0.497. The van der Waals surface area contributed by atoms with Gasteiger partial charge in [0, 0.05) is 28.7 Å². The van der Waals surface area contributed by atoms with E-state index in [9.17, 15) is 20.3 Å². The lowest BCUT2D eigenvalue weighted by Crippen LogP contribution is -2.10. The first kappa shape index (κ1) is 22.9. The number of phenols is 2. The lowest BCUT2D eigenvalue weighted by atomic mass is 9.95. The highest BCUT2D eigenvalue weighted by Crippen LogP contribution is 2.42. The molecule has 0 fully saturated rings. The van der Waals surface area contributed by atoms with Gasteiger partial charge in [0.1, 0.15) is 28.6 Å². The van der Waals surface area contributed by atoms with Gasteiger partial charge in [-0.15, -0.1) is 0 Å². The molecule has 5 aromatic rings. The van der Waals surface area contributed by atoms with Crippen molar-refractivity contribution in [3.05, 3.63) is 100 Å². The fourth-order valence-corrected chi connectivity index (χ4v) is 4.44. The average Bonchev–Trinajstić information content (AvgIpc) is 3.37. The molecule has 0 amide bonds. The maximum atomic E-state index is 11.5. The highest BCUT2D eigenvalue weighted by molar-refractivity contribution is 5.92. The van der Waals surface area contributed by atoms with Crippen molar-refractivity contribution >= 4 is 0 Å². The van der Waals surface area contributed by atoms with Crippen LogP contribution in [0.1, 0.15) is 11.4 Å². The molecule has 0 unspecified atom stereocenters. The molecule has 2 heterocycles. The van der Waals surface area contributed by atoms with Gasteiger partial charge >= 0.3 is 0 Å². The first-order chi connectivity index (χ1) is 17.3.